The van der Waals surface area contributed by atoms with Gasteiger partial charge >= 0.3 is 0 Å². The van der Waals surface area contributed by atoms with E-state index in [9.17, 15) is 4.79 Å². The number of carbonyl (C=O) groups is 1. The highest BCUT2D eigenvalue weighted by atomic mass is 16.2. The summed E-state index contributed by atoms with van der Waals surface area (Å²) in [6, 6.07) is 8.18. The van der Waals surface area contributed by atoms with E-state index in [0.29, 0.717) is 17.9 Å². The lowest BCUT2D eigenvalue weighted by molar-refractivity contribution is -0.129. The van der Waals surface area contributed by atoms with Gasteiger partial charge in [0, 0.05) is 18.5 Å². The first-order valence-electron chi connectivity index (χ1n) is 10.7. The highest BCUT2D eigenvalue weighted by molar-refractivity contribution is 5.92. The summed E-state index contributed by atoms with van der Waals surface area (Å²) in [5.74, 6) is 0.832. The first-order chi connectivity index (χ1) is 15.1. The molecule has 1 amide bonds. The molecule has 8 nitrogen and oxygen atoms in total. The second kappa shape index (κ2) is 7.94. The van der Waals surface area contributed by atoms with Crippen LogP contribution in [-0.4, -0.2) is 48.8 Å². The predicted molar refractivity (Wildman–Crippen MR) is 120 cm³/mol. The normalized spacial score (nSPS) is 15.0. The van der Waals surface area contributed by atoms with Crippen LogP contribution in [0.25, 0.3) is 21.9 Å². The summed E-state index contributed by atoms with van der Waals surface area (Å²) < 4.78 is 0. The summed E-state index contributed by atoms with van der Waals surface area (Å²) in [6.45, 7) is 5.81. The molecule has 0 radical (unpaired) electrons. The maximum atomic E-state index is 12.9. The largest absolute Gasteiger partial charge is 0.360 e. The summed E-state index contributed by atoms with van der Waals surface area (Å²) in [7, 11) is 0. The van der Waals surface area contributed by atoms with Gasteiger partial charge in [0.05, 0.1) is 30.2 Å². The lowest BCUT2D eigenvalue weighted by Gasteiger charge is -2.19. The minimum atomic E-state index is -0.119. The van der Waals surface area contributed by atoms with Gasteiger partial charge in [-0.05, 0) is 43.7 Å². The van der Waals surface area contributed by atoms with E-state index in [4.69, 9.17) is 4.98 Å². The van der Waals surface area contributed by atoms with Crippen LogP contribution in [0.2, 0.25) is 0 Å². The van der Waals surface area contributed by atoms with Crippen LogP contribution in [0.1, 0.15) is 42.8 Å². The summed E-state index contributed by atoms with van der Waals surface area (Å²) in [6.07, 6.45) is 5.59. The molecule has 4 aromatic rings. The van der Waals surface area contributed by atoms with E-state index in [2.05, 4.69) is 50.4 Å². The Morgan fingerprint density at radius 1 is 1.23 bits per heavy atom. The van der Waals surface area contributed by atoms with Crippen molar-refractivity contribution < 1.29 is 4.79 Å². The van der Waals surface area contributed by atoms with Crippen molar-refractivity contribution in [1.29, 1.82) is 0 Å². The van der Waals surface area contributed by atoms with Gasteiger partial charge in [-0.15, -0.1) is 0 Å². The van der Waals surface area contributed by atoms with E-state index >= 15 is 0 Å². The Hall–Kier alpha value is -3.55. The minimum Gasteiger partial charge on any atom is -0.360 e. The Balaban J connectivity index is 1.51. The minimum absolute atomic E-state index is 0.119. The predicted octanol–water partition coefficient (Wildman–Crippen LogP) is 3.55. The van der Waals surface area contributed by atoms with Gasteiger partial charge in [-0.2, -0.15) is 0 Å². The maximum absolute atomic E-state index is 12.9. The van der Waals surface area contributed by atoms with Crippen LogP contribution in [0.3, 0.4) is 0 Å². The van der Waals surface area contributed by atoms with E-state index in [1.165, 1.54) is 6.33 Å². The number of nitrogens with zero attached hydrogens (tertiary/aromatic N) is 5. The van der Waals surface area contributed by atoms with Crippen LogP contribution in [0, 0.1) is 6.92 Å². The Morgan fingerprint density at radius 2 is 2.06 bits per heavy atom. The third kappa shape index (κ3) is 3.69. The molecule has 0 saturated carbocycles. The van der Waals surface area contributed by atoms with Gasteiger partial charge in [-0.1, -0.05) is 18.2 Å². The number of rotatable bonds is 5. The van der Waals surface area contributed by atoms with Crippen molar-refractivity contribution in [3.05, 3.63) is 53.9 Å². The molecule has 3 aromatic heterocycles. The van der Waals surface area contributed by atoms with Gasteiger partial charge in [0.2, 0.25) is 5.91 Å². The van der Waals surface area contributed by atoms with Gasteiger partial charge in [-0.3, -0.25) is 9.78 Å². The van der Waals surface area contributed by atoms with Gasteiger partial charge < -0.3 is 15.2 Å². The fraction of sp³-hybridized carbons (Fsp3) is 0.348. The summed E-state index contributed by atoms with van der Waals surface area (Å²) in [5, 5.41) is 5.59. The number of aryl methyl sites for hydroxylation is 1. The number of amides is 1. The second-order valence-electron chi connectivity index (χ2n) is 8.12. The summed E-state index contributed by atoms with van der Waals surface area (Å²) in [4.78, 5) is 35.6. The molecule has 1 saturated heterocycles. The number of likely N-dealkylation sites (tertiary alicyclic amines) is 1. The molecule has 1 fully saturated rings. The van der Waals surface area contributed by atoms with Gasteiger partial charge in [-0.25, -0.2) is 15.0 Å². The SMILES string of the molecule is Cc1cccc2cc([C@H](C)Nc3ncnc4nc[nH]c34)nc(CC(=O)N3CCCC3)c12. The zero-order chi connectivity index (χ0) is 21.4. The smallest absolute Gasteiger partial charge is 0.228 e. The molecule has 1 aromatic carbocycles. The number of fused-ring (bicyclic) bond motifs is 2. The zero-order valence-corrected chi connectivity index (χ0v) is 17.7. The second-order valence-corrected chi connectivity index (χ2v) is 8.12. The highest BCUT2D eigenvalue weighted by Gasteiger charge is 2.21. The lowest BCUT2D eigenvalue weighted by atomic mass is 10.00. The van der Waals surface area contributed by atoms with Crippen LogP contribution >= 0.6 is 0 Å². The average molecular weight is 416 g/mol. The molecule has 5 rings (SSSR count). The van der Waals surface area contributed by atoms with Crippen LogP contribution in [0.5, 0.6) is 0 Å². The number of hydrogen-bond acceptors (Lipinski definition) is 6. The zero-order valence-electron chi connectivity index (χ0n) is 17.7. The monoisotopic (exact) mass is 415 g/mol. The molecule has 158 valence electrons. The molecule has 1 atom stereocenters. The van der Waals surface area contributed by atoms with Gasteiger partial charge in [0.1, 0.15) is 11.8 Å². The molecule has 0 spiro atoms. The molecule has 0 aliphatic carbocycles. The maximum Gasteiger partial charge on any atom is 0.228 e. The summed E-state index contributed by atoms with van der Waals surface area (Å²) in [5.41, 5.74) is 4.22. The number of pyridine rings is 1. The first kappa shape index (κ1) is 19.4. The Morgan fingerprint density at radius 3 is 2.90 bits per heavy atom. The van der Waals surface area contributed by atoms with Crippen molar-refractivity contribution in [3.63, 3.8) is 0 Å². The van der Waals surface area contributed by atoms with E-state index in [0.717, 1.165) is 59.2 Å². The summed E-state index contributed by atoms with van der Waals surface area (Å²) >= 11 is 0. The molecular weight excluding hydrogens is 390 g/mol. The van der Waals surface area contributed by atoms with E-state index in [1.807, 2.05) is 17.9 Å². The number of H-pyrrole nitrogens is 1. The molecule has 1 aliphatic heterocycles. The van der Waals surface area contributed by atoms with Crippen LogP contribution in [-0.2, 0) is 11.2 Å². The number of carbonyl (C=O) groups excluding carboxylic acids is 1. The third-order valence-corrected chi connectivity index (χ3v) is 5.96. The van der Waals surface area contributed by atoms with E-state index in [-0.39, 0.29) is 11.9 Å². The van der Waals surface area contributed by atoms with Gasteiger partial charge in [0.15, 0.2) is 11.5 Å². The first-order valence-corrected chi connectivity index (χ1v) is 10.7. The molecule has 1 aliphatic rings. The van der Waals surface area contributed by atoms with Crippen LogP contribution < -0.4 is 5.32 Å². The molecule has 2 N–H and O–H groups in total. The Kier molecular flexibility index (Phi) is 4.97. The Labute approximate surface area is 180 Å². The van der Waals surface area contributed by atoms with Gasteiger partial charge in [0.25, 0.3) is 0 Å². The van der Waals surface area contributed by atoms with Crippen molar-refractivity contribution in [3.8, 4) is 0 Å². The van der Waals surface area contributed by atoms with E-state index < -0.39 is 0 Å². The number of anilines is 1. The number of nitrogens with one attached hydrogen (secondary N) is 2. The molecule has 8 heteroatoms. The number of benzene rings is 1. The lowest BCUT2D eigenvalue weighted by Crippen LogP contribution is -2.29. The molecule has 31 heavy (non-hydrogen) atoms. The number of aromatic nitrogens is 5. The van der Waals surface area contributed by atoms with E-state index in [1.54, 1.807) is 6.33 Å². The van der Waals surface area contributed by atoms with Crippen molar-refractivity contribution in [2.24, 2.45) is 0 Å². The molecule has 0 unspecified atom stereocenters. The van der Waals surface area contributed by atoms with Crippen LogP contribution in [0.15, 0.2) is 36.9 Å². The molecule has 0 bridgehead atoms. The van der Waals surface area contributed by atoms with Crippen molar-refractivity contribution in [2.45, 2.75) is 39.2 Å². The van der Waals surface area contributed by atoms with Crippen molar-refractivity contribution >= 4 is 33.7 Å². The number of aromatic amines is 1. The highest BCUT2D eigenvalue weighted by Crippen LogP contribution is 2.28. The quantitative estimate of drug-likeness (QED) is 0.517. The standard InChI is InChI=1S/C23H25N7O/c1-14-6-5-7-16-10-17(15(2)28-23-21-22(25-12-24-21)26-13-27-23)29-18(20(14)16)11-19(31)30-8-3-4-9-30/h5-7,10,12-13,15H,3-4,8-9,11H2,1-2H3,(H2,24,25,26,27,28)/t15-/m0/s1. The molecule has 4 heterocycles. The average Bonchev–Trinajstić information content (AvgIpc) is 3.46. The number of imidazole rings is 1. The third-order valence-electron chi connectivity index (χ3n) is 5.96. The van der Waals surface area contributed by atoms with Crippen molar-refractivity contribution in [2.75, 3.05) is 18.4 Å². The van der Waals surface area contributed by atoms with Crippen LogP contribution in [0.4, 0.5) is 5.82 Å². The fourth-order valence-corrected chi connectivity index (χ4v) is 4.33. The number of hydrogen-bond donors (Lipinski definition) is 2. The fourth-order valence-electron chi connectivity index (χ4n) is 4.33. The topological polar surface area (TPSA) is 99.7 Å². The Bertz CT molecular complexity index is 1260. The molecular formula is C23H25N7O. The van der Waals surface area contributed by atoms with Crippen molar-refractivity contribution in [1.82, 2.24) is 29.8 Å².